The third kappa shape index (κ3) is 3.75. The number of aromatic nitrogens is 1. The fourth-order valence-electron chi connectivity index (χ4n) is 3.59. The van der Waals surface area contributed by atoms with E-state index in [2.05, 4.69) is 17.0 Å². The number of aryl methyl sites for hydroxylation is 1. The van der Waals surface area contributed by atoms with Gasteiger partial charge in [-0.05, 0) is 71.4 Å². The Bertz CT molecular complexity index is 1340. The van der Waals surface area contributed by atoms with E-state index in [0.29, 0.717) is 21.6 Å². The zero-order chi connectivity index (χ0) is 22.4. The minimum atomic E-state index is -0.0110. The van der Waals surface area contributed by atoms with Gasteiger partial charge in [0.15, 0.2) is 0 Å². The largest absolute Gasteiger partial charge is 0.385 e. The molecule has 1 fully saturated rings. The highest BCUT2D eigenvalue weighted by Gasteiger charge is 2.36. The summed E-state index contributed by atoms with van der Waals surface area (Å²) in [5.74, 6) is -0.0110. The van der Waals surface area contributed by atoms with Crippen LogP contribution in [-0.2, 0) is 11.8 Å². The number of amidine groups is 1. The lowest BCUT2D eigenvalue weighted by Crippen LogP contribution is -2.30. The Morgan fingerprint density at radius 3 is 2.75 bits per heavy atom. The van der Waals surface area contributed by atoms with Gasteiger partial charge in [-0.3, -0.25) is 9.69 Å². The Labute approximate surface area is 204 Å². The van der Waals surface area contributed by atoms with Gasteiger partial charge in [0, 0.05) is 29.6 Å². The normalized spacial score (nSPS) is 19.9. The van der Waals surface area contributed by atoms with Crippen LogP contribution in [0.15, 0.2) is 74.4 Å². The molecule has 1 amide bonds. The Kier molecular flexibility index (Phi) is 5.79. The fraction of sp³-hybridized carbons (Fsp3) is 0.174. The van der Waals surface area contributed by atoms with Crippen LogP contribution in [0.1, 0.15) is 6.92 Å². The van der Waals surface area contributed by atoms with Crippen LogP contribution in [0.5, 0.6) is 0 Å². The number of nitrogens with zero attached hydrogens (tertiary/aromatic N) is 4. The molecular formula is C23H20ClN4OS3+. The molecule has 2 aromatic carbocycles. The van der Waals surface area contributed by atoms with Crippen LogP contribution >= 0.6 is 46.5 Å². The molecule has 0 spiro atoms. The van der Waals surface area contributed by atoms with E-state index in [4.69, 9.17) is 16.6 Å². The number of amides is 1. The molecule has 5 nitrogen and oxygen atoms in total. The van der Waals surface area contributed by atoms with Gasteiger partial charge in [0.1, 0.15) is 5.52 Å². The fourth-order valence-corrected chi connectivity index (χ4v) is 6.85. The zero-order valence-corrected chi connectivity index (χ0v) is 20.9. The average Bonchev–Trinajstić information content (AvgIpc) is 3.39. The van der Waals surface area contributed by atoms with Crippen LogP contribution < -0.4 is 9.47 Å². The summed E-state index contributed by atoms with van der Waals surface area (Å²) in [7, 11) is 4.02. The lowest BCUT2D eigenvalue weighted by atomic mass is 10.3. The van der Waals surface area contributed by atoms with Crippen LogP contribution in [0.3, 0.4) is 0 Å². The second-order valence-corrected chi connectivity index (χ2v) is 10.8. The van der Waals surface area contributed by atoms with E-state index in [9.17, 15) is 4.79 Å². The first kappa shape index (κ1) is 21.6. The van der Waals surface area contributed by atoms with Crippen LogP contribution in [0, 0.1) is 0 Å². The van der Waals surface area contributed by atoms with Crippen molar-refractivity contribution in [3.63, 3.8) is 0 Å². The summed E-state index contributed by atoms with van der Waals surface area (Å²) in [4.78, 5) is 23.7. The number of likely N-dealkylation sites (N-methyl/N-ethyl adjacent to an activating group) is 1. The highest BCUT2D eigenvalue weighted by Crippen LogP contribution is 2.45. The van der Waals surface area contributed by atoms with Crippen molar-refractivity contribution in [2.24, 2.45) is 12.0 Å². The maximum absolute atomic E-state index is 13.0. The van der Waals surface area contributed by atoms with E-state index in [1.807, 2.05) is 68.1 Å². The number of para-hydroxylation sites is 1. The number of rotatable bonds is 3. The van der Waals surface area contributed by atoms with Gasteiger partial charge < -0.3 is 4.90 Å². The van der Waals surface area contributed by atoms with Crippen molar-refractivity contribution >= 4 is 78.6 Å². The molecule has 162 valence electrons. The number of thiazole rings is 1. The second kappa shape index (κ2) is 8.59. The van der Waals surface area contributed by atoms with Crippen LogP contribution in [0.2, 0.25) is 5.02 Å². The summed E-state index contributed by atoms with van der Waals surface area (Å²) in [6, 6.07) is 14.1. The van der Waals surface area contributed by atoms with Crippen molar-refractivity contribution in [3.8, 4) is 0 Å². The number of hydrogen-bond acceptors (Lipinski definition) is 6. The third-order valence-corrected chi connectivity index (χ3v) is 8.87. The van der Waals surface area contributed by atoms with Crippen molar-refractivity contribution in [2.75, 3.05) is 18.5 Å². The van der Waals surface area contributed by atoms with Gasteiger partial charge in [0.2, 0.25) is 0 Å². The highest BCUT2D eigenvalue weighted by molar-refractivity contribution is 8.18. The van der Waals surface area contributed by atoms with Crippen molar-refractivity contribution in [1.29, 1.82) is 0 Å². The summed E-state index contributed by atoms with van der Waals surface area (Å²) in [5, 5.41) is 3.32. The lowest BCUT2D eigenvalue weighted by Gasteiger charge is -2.12. The summed E-state index contributed by atoms with van der Waals surface area (Å²) < 4.78 is 3.12. The molecular weight excluding hydrogens is 480 g/mol. The van der Waals surface area contributed by atoms with Gasteiger partial charge in [-0.25, -0.2) is 4.57 Å². The van der Waals surface area contributed by atoms with E-state index in [1.165, 1.54) is 22.3 Å². The maximum atomic E-state index is 13.0. The number of hydrogen-bond donors (Lipinski definition) is 0. The van der Waals surface area contributed by atoms with Gasteiger partial charge in [0.05, 0.1) is 27.4 Å². The first-order valence-corrected chi connectivity index (χ1v) is 12.9. The number of carbonyl (C=O) groups is 1. The minimum absolute atomic E-state index is 0.0110. The molecule has 3 aromatic rings. The van der Waals surface area contributed by atoms with E-state index >= 15 is 0 Å². The van der Waals surface area contributed by atoms with Crippen LogP contribution in [0.4, 0.5) is 10.8 Å². The summed E-state index contributed by atoms with van der Waals surface area (Å²) in [5.41, 5.74) is 2.21. The number of anilines is 1. The number of benzene rings is 2. The van der Waals surface area contributed by atoms with Crippen LogP contribution in [0.25, 0.3) is 10.2 Å². The molecule has 1 saturated heterocycles. The van der Waals surface area contributed by atoms with Gasteiger partial charge >= 0.3 is 5.13 Å². The number of allylic oxidation sites excluding steroid dienone is 2. The minimum Gasteiger partial charge on any atom is -0.338 e. The molecule has 0 bridgehead atoms. The van der Waals surface area contributed by atoms with Gasteiger partial charge in [-0.2, -0.15) is 0 Å². The number of fused-ring (bicyclic) bond motifs is 2. The standard InChI is InChI=1S/C23H20ClN4OS3/c1-4-28-21(29)19(11-12-20-26(2)15-7-5-6-8-17(15)30-20)32-23(28)25-22-27(3)16-13-14(24)9-10-18(16)31-22/h5-13H,4H2,1-3H3/q+1/b19-11-,20-12-. The molecule has 0 unspecified atom stereocenters. The van der Waals surface area contributed by atoms with Crippen molar-refractivity contribution in [3.05, 3.63) is 69.6 Å². The molecule has 0 atom stereocenters. The first-order valence-electron chi connectivity index (χ1n) is 10.1. The number of halogens is 1. The third-order valence-electron chi connectivity index (χ3n) is 5.32. The topological polar surface area (TPSA) is 39.8 Å². The highest BCUT2D eigenvalue weighted by atomic mass is 35.5. The summed E-state index contributed by atoms with van der Waals surface area (Å²) >= 11 is 10.9. The molecule has 0 radical (unpaired) electrons. The van der Waals surface area contributed by atoms with Gasteiger partial charge in [0.25, 0.3) is 11.1 Å². The first-order chi connectivity index (χ1) is 15.5. The van der Waals surface area contributed by atoms with E-state index in [-0.39, 0.29) is 5.91 Å². The lowest BCUT2D eigenvalue weighted by molar-refractivity contribution is -0.627. The number of aliphatic imine (C=N–C) groups is 1. The molecule has 1 aromatic heterocycles. The molecule has 3 heterocycles. The SMILES string of the molecule is CCN1C(=O)/C(=C/C=C2\Sc3ccccc3N2C)S/C1=N\c1sc2ccc(Cl)cc2[n+]1C. The molecule has 2 aliphatic heterocycles. The monoisotopic (exact) mass is 499 g/mol. The summed E-state index contributed by atoms with van der Waals surface area (Å²) in [6.45, 7) is 2.54. The molecule has 5 rings (SSSR count). The molecule has 0 N–H and O–H groups in total. The van der Waals surface area contributed by atoms with Crippen molar-refractivity contribution in [1.82, 2.24) is 4.90 Å². The van der Waals surface area contributed by atoms with E-state index < -0.39 is 0 Å². The molecule has 2 aliphatic rings. The quantitative estimate of drug-likeness (QED) is 0.331. The predicted octanol–water partition coefficient (Wildman–Crippen LogP) is 5.93. The molecule has 0 aliphatic carbocycles. The maximum Gasteiger partial charge on any atom is 0.385 e. The van der Waals surface area contributed by atoms with Crippen molar-refractivity contribution < 1.29 is 9.36 Å². The van der Waals surface area contributed by atoms with Gasteiger partial charge in [-0.1, -0.05) is 35.5 Å². The average molecular weight is 500 g/mol. The predicted molar refractivity (Wildman–Crippen MR) is 137 cm³/mol. The van der Waals surface area contributed by atoms with Gasteiger partial charge in [-0.15, -0.1) is 0 Å². The van der Waals surface area contributed by atoms with E-state index in [1.54, 1.807) is 28.0 Å². The second-order valence-electron chi connectivity index (χ2n) is 7.27. The Morgan fingerprint density at radius 1 is 1.16 bits per heavy atom. The van der Waals surface area contributed by atoms with E-state index in [0.717, 1.165) is 20.4 Å². The van der Waals surface area contributed by atoms with Crippen LogP contribution in [-0.4, -0.2) is 29.6 Å². The number of carbonyl (C=O) groups excluding carboxylic acids is 1. The summed E-state index contributed by atoms with van der Waals surface area (Å²) in [6.07, 6.45) is 3.93. The Hall–Kier alpha value is -2.26. The molecule has 0 saturated carbocycles. The smallest absolute Gasteiger partial charge is 0.338 e. The molecule has 9 heteroatoms. The zero-order valence-electron chi connectivity index (χ0n) is 17.7. The Morgan fingerprint density at radius 2 is 1.97 bits per heavy atom. The van der Waals surface area contributed by atoms with Crippen molar-refractivity contribution in [2.45, 2.75) is 11.8 Å². The number of thioether (sulfide) groups is 2. The Balaban J connectivity index is 1.46. The molecule has 32 heavy (non-hydrogen) atoms.